The number of hydrogen-bond acceptors (Lipinski definition) is 5. The Labute approximate surface area is 168 Å². The molecule has 5 heteroatoms. The second-order valence-corrected chi connectivity index (χ2v) is 7.39. The summed E-state index contributed by atoms with van der Waals surface area (Å²) < 4.78 is 0. The van der Waals surface area contributed by atoms with Crippen molar-refractivity contribution in [1.29, 1.82) is 0 Å². The highest BCUT2D eigenvalue weighted by molar-refractivity contribution is 5.52. The molecule has 3 rings (SSSR count). The van der Waals surface area contributed by atoms with E-state index in [1.165, 1.54) is 44.9 Å². The van der Waals surface area contributed by atoms with Crippen molar-refractivity contribution < 1.29 is 0 Å². The minimum Gasteiger partial charge on any atom is -0.368 e. The Bertz CT molecular complexity index is 756. The third-order valence-electron chi connectivity index (χ3n) is 5.11. The van der Waals surface area contributed by atoms with Crippen LogP contribution in [0.25, 0.3) is 0 Å². The average Bonchev–Trinajstić information content (AvgIpc) is 2.70. The molecule has 148 valence electrons. The van der Waals surface area contributed by atoms with Crippen molar-refractivity contribution in [3.8, 4) is 0 Å². The standard InChI is InChI=1S/C23H31N5/c24-22-26-21(19-15-11-7-3-1-4-8-12-16-19)27-23(28-22)25-20-17-13-9-5-2-6-10-14-18-20/h2,5-6,9-10,13-14,17-19H,1,3-4,7-8,11-12,15-16H2,(H3,24,25,26,27,28). The van der Waals surface area contributed by atoms with Crippen molar-refractivity contribution in [2.24, 2.45) is 0 Å². The minimum absolute atomic E-state index is 0.285. The van der Waals surface area contributed by atoms with Gasteiger partial charge in [0, 0.05) is 11.6 Å². The van der Waals surface area contributed by atoms with Gasteiger partial charge in [0.1, 0.15) is 5.82 Å². The number of aromatic nitrogens is 3. The van der Waals surface area contributed by atoms with Gasteiger partial charge in [-0.25, -0.2) is 0 Å². The van der Waals surface area contributed by atoms with Gasteiger partial charge in [0.2, 0.25) is 11.9 Å². The Kier molecular flexibility index (Phi) is 8.04. The van der Waals surface area contributed by atoms with E-state index in [1.54, 1.807) is 0 Å². The number of anilines is 3. The van der Waals surface area contributed by atoms with Crippen LogP contribution < -0.4 is 11.1 Å². The molecular formula is C23H31N5. The number of nitrogens with two attached hydrogens (primary N) is 1. The lowest BCUT2D eigenvalue weighted by atomic mass is 9.91. The summed E-state index contributed by atoms with van der Waals surface area (Å²) in [4.78, 5) is 13.5. The van der Waals surface area contributed by atoms with Crippen LogP contribution in [-0.4, -0.2) is 15.0 Å². The molecule has 2 aromatic rings. The summed E-state index contributed by atoms with van der Waals surface area (Å²) in [5.74, 6) is 2.00. The second kappa shape index (κ2) is 11.2. The van der Waals surface area contributed by atoms with Crippen LogP contribution in [0.3, 0.4) is 0 Å². The first-order valence-corrected chi connectivity index (χ1v) is 10.5. The summed E-state index contributed by atoms with van der Waals surface area (Å²) in [5, 5.41) is 3.29. The summed E-state index contributed by atoms with van der Waals surface area (Å²) in [7, 11) is 0. The van der Waals surface area contributed by atoms with E-state index in [2.05, 4.69) is 15.3 Å². The van der Waals surface area contributed by atoms with Crippen LogP contribution in [0.15, 0.2) is 54.6 Å². The van der Waals surface area contributed by atoms with Crippen LogP contribution >= 0.6 is 0 Å². The van der Waals surface area contributed by atoms with E-state index >= 15 is 0 Å². The molecule has 1 aromatic carbocycles. The van der Waals surface area contributed by atoms with Crippen molar-refractivity contribution in [3.05, 3.63) is 60.4 Å². The number of nitrogens with zero attached hydrogens (tertiary/aromatic N) is 3. The molecule has 0 bridgehead atoms. The van der Waals surface area contributed by atoms with E-state index in [1.807, 2.05) is 54.6 Å². The predicted molar refractivity (Wildman–Crippen MR) is 116 cm³/mol. The fourth-order valence-corrected chi connectivity index (χ4v) is 3.62. The normalized spacial score (nSPS) is 16.0. The number of hydrogen-bond donors (Lipinski definition) is 2. The molecule has 1 aliphatic rings. The monoisotopic (exact) mass is 377 g/mol. The summed E-state index contributed by atoms with van der Waals surface area (Å²) in [6, 6.07) is 17.9. The molecule has 28 heavy (non-hydrogen) atoms. The van der Waals surface area contributed by atoms with Gasteiger partial charge in [-0.15, -0.1) is 0 Å². The molecule has 0 amide bonds. The number of nitrogen functional groups attached to an aromatic ring is 1. The SMILES string of the molecule is Nc1nc(Nc2ccccccccc2)nc(C2CCCCCCCCC2)n1. The highest BCUT2D eigenvalue weighted by Crippen LogP contribution is 2.29. The smallest absolute Gasteiger partial charge is 0.232 e. The topological polar surface area (TPSA) is 76.7 Å². The average molecular weight is 378 g/mol. The first-order chi connectivity index (χ1) is 13.8. The van der Waals surface area contributed by atoms with E-state index < -0.39 is 0 Å². The first-order valence-electron chi connectivity index (χ1n) is 10.5. The largest absolute Gasteiger partial charge is 0.368 e. The zero-order valence-corrected chi connectivity index (χ0v) is 16.6. The molecule has 1 aliphatic carbocycles. The van der Waals surface area contributed by atoms with Gasteiger partial charge in [0.15, 0.2) is 0 Å². The molecule has 1 saturated carbocycles. The minimum atomic E-state index is 0.285. The second-order valence-electron chi connectivity index (χ2n) is 7.39. The third kappa shape index (κ3) is 6.80. The Hall–Kier alpha value is -2.69. The Balaban J connectivity index is 1.80. The maximum atomic E-state index is 6.02. The van der Waals surface area contributed by atoms with Gasteiger partial charge in [0.05, 0.1) is 0 Å². The lowest BCUT2D eigenvalue weighted by molar-refractivity contribution is 0.450. The lowest BCUT2D eigenvalue weighted by Gasteiger charge is -2.18. The third-order valence-corrected chi connectivity index (χ3v) is 5.11. The van der Waals surface area contributed by atoms with E-state index in [-0.39, 0.29) is 5.95 Å². The molecular weight excluding hydrogens is 346 g/mol. The summed E-state index contributed by atoms with van der Waals surface area (Å²) in [5.41, 5.74) is 6.93. The zero-order chi connectivity index (χ0) is 19.4. The van der Waals surface area contributed by atoms with Gasteiger partial charge in [-0.05, 0) is 25.0 Å². The quantitative estimate of drug-likeness (QED) is 0.693. The lowest BCUT2D eigenvalue weighted by Crippen LogP contribution is -2.11. The molecule has 1 heterocycles. The van der Waals surface area contributed by atoms with E-state index in [0.717, 1.165) is 24.4 Å². The highest BCUT2D eigenvalue weighted by Gasteiger charge is 2.17. The molecule has 0 radical (unpaired) electrons. The summed E-state index contributed by atoms with van der Waals surface area (Å²) in [6.45, 7) is 0. The van der Waals surface area contributed by atoms with Crippen LogP contribution in [0.5, 0.6) is 0 Å². The fourth-order valence-electron chi connectivity index (χ4n) is 3.62. The molecule has 0 spiro atoms. The molecule has 3 N–H and O–H groups in total. The van der Waals surface area contributed by atoms with Crippen LogP contribution in [-0.2, 0) is 0 Å². The molecule has 1 aromatic heterocycles. The van der Waals surface area contributed by atoms with Crippen molar-refractivity contribution in [2.75, 3.05) is 11.1 Å². The van der Waals surface area contributed by atoms with Gasteiger partial charge in [-0.2, -0.15) is 15.0 Å². The van der Waals surface area contributed by atoms with Crippen molar-refractivity contribution in [1.82, 2.24) is 15.0 Å². The highest BCUT2D eigenvalue weighted by atomic mass is 15.2. The Morgan fingerprint density at radius 2 is 1.21 bits per heavy atom. The van der Waals surface area contributed by atoms with Gasteiger partial charge < -0.3 is 11.1 Å². The maximum Gasteiger partial charge on any atom is 0.232 e. The summed E-state index contributed by atoms with van der Waals surface area (Å²) in [6.07, 6.45) is 11.4. The molecule has 5 nitrogen and oxygen atoms in total. The Morgan fingerprint density at radius 3 is 1.82 bits per heavy atom. The molecule has 0 aliphatic heterocycles. The zero-order valence-electron chi connectivity index (χ0n) is 16.6. The molecule has 1 fully saturated rings. The van der Waals surface area contributed by atoms with Crippen LogP contribution in [0.4, 0.5) is 17.6 Å². The van der Waals surface area contributed by atoms with Crippen LogP contribution in [0.2, 0.25) is 0 Å². The molecule has 0 atom stereocenters. The van der Waals surface area contributed by atoms with E-state index in [0.29, 0.717) is 11.9 Å². The number of rotatable bonds is 3. The van der Waals surface area contributed by atoms with Gasteiger partial charge in [0.25, 0.3) is 0 Å². The van der Waals surface area contributed by atoms with Crippen LogP contribution in [0, 0.1) is 0 Å². The van der Waals surface area contributed by atoms with E-state index in [4.69, 9.17) is 10.7 Å². The van der Waals surface area contributed by atoms with Gasteiger partial charge in [-0.3, -0.25) is 0 Å². The van der Waals surface area contributed by atoms with Crippen molar-refractivity contribution >= 4 is 17.6 Å². The van der Waals surface area contributed by atoms with Gasteiger partial charge in [-0.1, -0.05) is 87.4 Å². The first kappa shape index (κ1) is 20.1. The Morgan fingerprint density at radius 1 is 0.679 bits per heavy atom. The number of nitrogens with one attached hydrogen (secondary N) is 1. The van der Waals surface area contributed by atoms with Gasteiger partial charge >= 0.3 is 0 Å². The fraction of sp³-hybridized carbons (Fsp3) is 0.435. The molecule has 0 saturated heterocycles. The molecule has 0 unspecified atom stereocenters. The predicted octanol–water partition coefficient (Wildman–Crippen LogP) is 5.93. The van der Waals surface area contributed by atoms with E-state index in [9.17, 15) is 0 Å². The van der Waals surface area contributed by atoms with Crippen molar-refractivity contribution in [3.63, 3.8) is 0 Å². The maximum absolute atomic E-state index is 6.02. The van der Waals surface area contributed by atoms with Crippen LogP contribution in [0.1, 0.15) is 69.5 Å². The summed E-state index contributed by atoms with van der Waals surface area (Å²) >= 11 is 0. The van der Waals surface area contributed by atoms with Crippen molar-refractivity contribution in [2.45, 2.75) is 63.7 Å².